The molecule has 2 N–H and O–H groups in total. The monoisotopic (exact) mass is 291 g/mol. The quantitative estimate of drug-likeness (QED) is 0.884. The molecule has 5 heteroatoms. The van der Waals surface area contributed by atoms with E-state index in [-0.39, 0.29) is 5.56 Å². The zero-order valence-corrected chi connectivity index (χ0v) is 11.5. The predicted octanol–water partition coefficient (Wildman–Crippen LogP) is 3.63. The number of halogens is 2. The first-order valence-electron chi connectivity index (χ1n) is 6.49. The number of carbonyl (C=O) groups is 1. The minimum Gasteiger partial charge on any atom is -0.478 e. The van der Waals surface area contributed by atoms with E-state index in [0.29, 0.717) is 24.2 Å². The second-order valence-corrected chi connectivity index (χ2v) is 4.76. The molecule has 2 aromatic carbocycles. The maximum atomic E-state index is 13.1. The molecule has 0 aliphatic heterocycles. The number of para-hydroxylation sites is 1. The molecule has 0 aromatic heterocycles. The molecule has 110 valence electrons. The van der Waals surface area contributed by atoms with Crippen molar-refractivity contribution >= 4 is 11.7 Å². The van der Waals surface area contributed by atoms with Gasteiger partial charge in [0.2, 0.25) is 0 Å². The van der Waals surface area contributed by atoms with Crippen molar-refractivity contribution in [1.82, 2.24) is 0 Å². The van der Waals surface area contributed by atoms with Gasteiger partial charge in [-0.3, -0.25) is 0 Å². The number of benzene rings is 2. The molecule has 0 atom stereocenters. The van der Waals surface area contributed by atoms with E-state index in [2.05, 4.69) is 5.32 Å². The van der Waals surface area contributed by atoms with E-state index in [9.17, 15) is 13.6 Å². The number of nitrogens with one attached hydrogen (secondary N) is 1. The largest absolute Gasteiger partial charge is 0.478 e. The van der Waals surface area contributed by atoms with Gasteiger partial charge in [0.15, 0.2) is 0 Å². The highest BCUT2D eigenvalue weighted by atomic mass is 19.1. The first-order valence-corrected chi connectivity index (χ1v) is 6.49. The van der Waals surface area contributed by atoms with Gasteiger partial charge in [0.25, 0.3) is 0 Å². The maximum absolute atomic E-state index is 13.1. The molecular weight excluding hydrogens is 276 g/mol. The number of carboxylic acids is 1. The molecule has 0 radical (unpaired) electrons. The third kappa shape index (κ3) is 3.78. The van der Waals surface area contributed by atoms with Crippen molar-refractivity contribution in [3.8, 4) is 0 Å². The topological polar surface area (TPSA) is 49.3 Å². The minimum absolute atomic E-state index is 0.181. The van der Waals surface area contributed by atoms with Gasteiger partial charge in [-0.15, -0.1) is 0 Å². The smallest absolute Gasteiger partial charge is 0.337 e. The van der Waals surface area contributed by atoms with Gasteiger partial charge in [-0.05, 0) is 42.7 Å². The molecule has 21 heavy (non-hydrogen) atoms. The number of carboxylic acid groups (broad SMARTS) is 1. The number of anilines is 1. The van der Waals surface area contributed by atoms with Crippen LogP contribution < -0.4 is 5.32 Å². The van der Waals surface area contributed by atoms with Gasteiger partial charge in [-0.1, -0.05) is 12.1 Å². The van der Waals surface area contributed by atoms with E-state index in [1.807, 2.05) is 0 Å². The number of hydrogen-bond donors (Lipinski definition) is 2. The molecule has 0 saturated carbocycles. The van der Waals surface area contributed by atoms with Crippen LogP contribution in [0.4, 0.5) is 14.5 Å². The van der Waals surface area contributed by atoms with Gasteiger partial charge < -0.3 is 10.4 Å². The average Bonchev–Trinajstić information content (AvgIpc) is 2.39. The van der Waals surface area contributed by atoms with Gasteiger partial charge >= 0.3 is 5.97 Å². The van der Waals surface area contributed by atoms with Gasteiger partial charge in [0.05, 0.1) is 11.3 Å². The summed E-state index contributed by atoms with van der Waals surface area (Å²) < 4.78 is 26.1. The van der Waals surface area contributed by atoms with Crippen molar-refractivity contribution in [3.63, 3.8) is 0 Å². The van der Waals surface area contributed by atoms with Crippen LogP contribution in [0, 0.1) is 18.6 Å². The van der Waals surface area contributed by atoms with E-state index in [0.717, 1.165) is 11.6 Å². The Kier molecular flexibility index (Phi) is 4.52. The lowest BCUT2D eigenvalue weighted by molar-refractivity contribution is 0.0698. The van der Waals surface area contributed by atoms with Crippen LogP contribution in [0.1, 0.15) is 21.5 Å². The Bertz CT molecular complexity index is 651. The highest BCUT2D eigenvalue weighted by molar-refractivity contribution is 5.95. The van der Waals surface area contributed by atoms with Crippen molar-refractivity contribution in [2.45, 2.75) is 13.3 Å². The number of rotatable bonds is 5. The fourth-order valence-corrected chi connectivity index (χ4v) is 2.17. The normalized spacial score (nSPS) is 10.4. The standard InChI is InChI=1S/C16H15F2NO2/c1-10-3-2-4-14(16(20)21)15(10)19-6-5-11-7-12(17)9-13(18)8-11/h2-4,7-9,19H,5-6H2,1H3,(H,20,21). The van der Waals surface area contributed by atoms with Crippen LogP contribution in [0.25, 0.3) is 0 Å². The molecule has 0 fully saturated rings. The molecule has 0 bridgehead atoms. The highest BCUT2D eigenvalue weighted by Crippen LogP contribution is 2.20. The van der Waals surface area contributed by atoms with Crippen LogP contribution in [0.15, 0.2) is 36.4 Å². The van der Waals surface area contributed by atoms with Crippen molar-refractivity contribution in [2.75, 3.05) is 11.9 Å². The molecule has 2 aromatic rings. The molecule has 0 amide bonds. The summed E-state index contributed by atoms with van der Waals surface area (Å²) in [4.78, 5) is 11.2. The average molecular weight is 291 g/mol. The summed E-state index contributed by atoms with van der Waals surface area (Å²) in [6.07, 6.45) is 0.391. The van der Waals surface area contributed by atoms with Crippen LogP contribution in [-0.2, 0) is 6.42 Å². The Labute approximate surface area is 121 Å². The Hall–Kier alpha value is -2.43. The van der Waals surface area contributed by atoms with Crippen LogP contribution in [-0.4, -0.2) is 17.6 Å². The lowest BCUT2D eigenvalue weighted by Crippen LogP contribution is -2.11. The van der Waals surface area contributed by atoms with Crippen molar-refractivity contribution < 1.29 is 18.7 Å². The van der Waals surface area contributed by atoms with Crippen molar-refractivity contribution in [3.05, 3.63) is 64.7 Å². The maximum Gasteiger partial charge on any atom is 0.337 e. The molecule has 2 rings (SSSR count). The van der Waals surface area contributed by atoms with E-state index in [1.165, 1.54) is 18.2 Å². The first kappa shape index (κ1) is 15.0. The van der Waals surface area contributed by atoms with E-state index < -0.39 is 17.6 Å². The fraction of sp³-hybridized carbons (Fsp3) is 0.188. The zero-order chi connectivity index (χ0) is 15.4. The summed E-state index contributed by atoms with van der Waals surface area (Å²) in [6.45, 7) is 2.19. The Morgan fingerprint density at radius 1 is 1.19 bits per heavy atom. The third-order valence-electron chi connectivity index (χ3n) is 3.14. The predicted molar refractivity (Wildman–Crippen MR) is 76.7 cm³/mol. The van der Waals surface area contributed by atoms with Crippen LogP contribution in [0.5, 0.6) is 0 Å². The fourth-order valence-electron chi connectivity index (χ4n) is 2.17. The summed E-state index contributed by atoms with van der Waals surface area (Å²) in [5.74, 6) is -2.25. The SMILES string of the molecule is Cc1cccc(C(=O)O)c1NCCc1cc(F)cc(F)c1. The van der Waals surface area contributed by atoms with Crippen LogP contribution in [0.2, 0.25) is 0 Å². The molecule has 0 unspecified atom stereocenters. The molecular formula is C16H15F2NO2. The number of aromatic carboxylic acids is 1. The van der Waals surface area contributed by atoms with E-state index >= 15 is 0 Å². The Morgan fingerprint density at radius 3 is 2.48 bits per heavy atom. The molecule has 0 aliphatic rings. The second kappa shape index (κ2) is 6.35. The highest BCUT2D eigenvalue weighted by Gasteiger charge is 2.11. The Morgan fingerprint density at radius 2 is 1.86 bits per heavy atom. The van der Waals surface area contributed by atoms with Crippen molar-refractivity contribution in [2.24, 2.45) is 0 Å². The second-order valence-electron chi connectivity index (χ2n) is 4.76. The van der Waals surface area contributed by atoms with Gasteiger partial charge in [0.1, 0.15) is 11.6 Å². The summed E-state index contributed by atoms with van der Waals surface area (Å²) in [5, 5.41) is 12.2. The summed E-state index contributed by atoms with van der Waals surface area (Å²) in [7, 11) is 0. The van der Waals surface area contributed by atoms with Gasteiger partial charge in [0, 0.05) is 12.6 Å². The Balaban J connectivity index is 2.08. The van der Waals surface area contributed by atoms with E-state index in [4.69, 9.17) is 5.11 Å². The molecule has 0 saturated heterocycles. The third-order valence-corrected chi connectivity index (χ3v) is 3.14. The van der Waals surface area contributed by atoms with Gasteiger partial charge in [-0.2, -0.15) is 0 Å². The van der Waals surface area contributed by atoms with Crippen LogP contribution >= 0.6 is 0 Å². The molecule has 3 nitrogen and oxygen atoms in total. The number of aryl methyl sites for hydroxylation is 1. The first-order chi connectivity index (χ1) is 9.97. The zero-order valence-electron chi connectivity index (χ0n) is 11.5. The molecule has 0 spiro atoms. The lowest BCUT2D eigenvalue weighted by atomic mass is 10.1. The summed E-state index contributed by atoms with van der Waals surface area (Å²) >= 11 is 0. The molecule has 0 aliphatic carbocycles. The van der Waals surface area contributed by atoms with E-state index in [1.54, 1.807) is 19.1 Å². The van der Waals surface area contributed by atoms with Crippen LogP contribution in [0.3, 0.4) is 0 Å². The minimum atomic E-state index is -1.02. The summed E-state index contributed by atoms with van der Waals surface area (Å²) in [5.41, 5.74) is 2.04. The lowest BCUT2D eigenvalue weighted by Gasteiger charge is -2.12. The molecule has 0 heterocycles. The van der Waals surface area contributed by atoms with Crippen molar-refractivity contribution in [1.29, 1.82) is 0 Å². The van der Waals surface area contributed by atoms with Gasteiger partial charge in [-0.25, -0.2) is 13.6 Å². The number of hydrogen-bond acceptors (Lipinski definition) is 2. The summed E-state index contributed by atoms with van der Waals surface area (Å²) in [6, 6.07) is 8.34.